The Morgan fingerprint density at radius 2 is 1.87 bits per heavy atom. The Kier molecular flexibility index (Phi) is 1.77. The zero-order chi connectivity index (χ0) is 10.7. The molecule has 3 nitrogen and oxygen atoms in total. The first-order chi connectivity index (χ1) is 7.05. The molecule has 4 bridgehead atoms. The predicted molar refractivity (Wildman–Crippen MR) is 58.1 cm³/mol. The van der Waals surface area contributed by atoms with Crippen LogP contribution in [-0.2, 0) is 4.79 Å². The fourth-order valence-corrected chi connectivity index (χ4v) is 4.86. The normalized spacial score (nSPS) is 51.9. The number of carbonyl (C=O) groups is 1. The molecule has 4 saturated carbocycles. The van der Waals surface area contributed by atoms with Crippen LogP contribution < -0.4 is 11.1 Å². The minimum Gasteiger partial charge on any atom is -0.359 e. The standard InChI is InChI=1S/C12H20N2O/c1-14-10(15)11-3-8-2-9(4-11)6-12(13,5-8)7-11/h8-9H,2-7,13H2,1H3,(H,14,15). The Balaban J connectivity index is 1.96. The summed E-state index contributed by atoms with van der Waals surface area (Å²) in [5, 5.41) is 2.84. The van der Waals surface area contributed by atoms with E-state index < -0.39 is 0 Å². The van der Waals surface area contributed by atoms with Crippen LogP contribution >= 0.6 is 0 Å². The number of nitrogens with one attached hydrogen (secondary N) is 1. The topological polar surface area (TPSA) is 55.1 Å². The average Bonchev–Trinajstić information content (AvgIpc) is 2.12. The molecule has 3 N–H and O–H groups in total. The van der Waals surface area contributed by atoms with Crippen LogP contribution in [0.3, 0.4) is 0 Å². The minimum atomic E-state index is -0.104. The average molecular weight is 208 g/mol. The third-order valence-corrected chi connectivity index (χ3v) is 4.82. The fraction of sp³-hybridized carbons (Fsp3) is 0.917. The summed E-state index contributed by atoms with van der Waals surface area (Å²) >= 11 is 0. The largest absolute Gasteiger partial charge is 0.359 e. The molecule has 15 heavy (non-hydrogen) atoms. The van der Waals surface area contributed by atoms with E-state index in [1.807, 2.05) is 0 Å². The molecule has 0 aromatic carbocycles. The smallest absolute Gasteiger partial charge is 0.226 e. The van der Waals surface area contributed by atoms with Crippen LogP contribution in [0.2, 0.25) is 0 Å². The van der Waals surface area contributed by atoms with Crippen molar-refractivity contribution in [2.75, 3.05) is 7.05 Å². The number of nitrogens with two attached hydrogens (primary N) is 1. The van der Waals surface area contributed by atoms with Gasteiger partial charge in [-0.1, -0.05) is 0 Å². The molecular formula is C12H20N2O. The van der Waals surface area contributed by atoms with Crippen molar-refractivity contribution in [2.45, 2.75) is 44.1 Å². The van der Waals surface area contributed by atoms with E-state index in [1.54, 1.807) is 7.05 Å². The first-order valence-corrected chi connectivity index (χ1v) is 6.06. The van der Waals surface area contributed by atoms with E-state index in [1.165, 1.54) is 6.42 Å². The van der Waals surface area contributed by atoms with Crippen molar-refractivity contribution in [2.24, 2.45) is 23.0 Å². The lowest BCUT2D eigenvalue weighted by Gasteiger charge is -2.60. The molecule has 3 heteroatoms. The molecule has 0 saturated heterocycles. The quantitative estimate of drug-likeness (QED) is 0.676. The summed E-state index contributed by atoms with van der Waals surface area (Å²) < 4.78 is 0. The van der Waals surface area contributed by atoms with E-state index in [0.29, 0.717) is 11.8 Å². The molecule has 0 heterocycles. The molecular weight excluding hydrogens is 188 g/mol. The van der Waals surface area contributed by atoms with Crippen LogP contribution in [-0.4, -0.2) is 18.5 Å². The number of rotatable bonds is 1. The second kappa shape index (κ2) is 2.76. The van der Waals surface area contributed by atoms with Crippen LogP contribution in [0.5, 0.6) is 0 Å². The molecule has 0 spiro atoms. The van der Waals surface area contributed by atoms with Gasteiger partial charge in [0, 0.05) is 12.6 Å². The summed E-state index contributed by atoms with van der Waals surface area (Å²) in [4.78, 5) is 12.0. The number of hydrogen-bond donors (Lipinski definition) is 2. The van der Waals surface area contributed by atoms with Crippen molar-refractivity contribution >= 4 is 5.91 Å². The molecule has 0 aromatic rings. The Labute approximate surface area is 90.8 Å². The second-order valence-corrected chi connectivity index (χ2v) is 6.18. The van der Waals surface area contributed by atoms with Crippen LogP contribution in [0, 0.1) is 17.3 Å². The summed E-state index contributed by atoms with van der Waals surface area (Å²) in [7, 11) is 1.75. The van der Waals surface area contributed by atoms with Gasteiger partial charge in [0.25, 0.3) is 0 Å². The Hall–Kier alpha value is -0.570. The van der Waals surface area contributed by atoms with Gasteiger partial charge in [-0.2, -0.15) is 0 Å². The molecule has 2 unspecified atom stereocenters. The highest BCUT2D eigenvalue weighted by Crippen LogP contribution is 2.60. The first-order valence-electron chi connectivity index (χ1n) is 6.06. The first kappa shape index (κ1) is 9.64. The Bertz CT molecular complexity index is 299. The summed E-state index contributed by atoms with van der Waals surface area (Å²) in [6.45, 7) is 0. The minimum absolute atomic E-state index is 0.0173. The number of carbonyl (C=O) groups excluding carboxylic acids is 1. The van der Waals surface area contributed by atoms with E-state index in [4.69, 9.17) is 5.73 Å². The van der Waals surface area contributed by atoms with Crippen molar-refractivity contribution in [3.63, 3.8) is 0 Å². The van der Waals surface area contributed by atoms with Gasteiger partial charge in [0.2, 0.25) is 5.91 Å². The molecule has 84 valence electrons. The van der Waals surface area contributed by atoms with Crippen LogP contribution in [0.4, 0.5) is 0 Å². The highest BCUT2D eigenvalue weighted by Gasteiger charge is 2.58. The molecule has 4 fully saturated rings. The van der Waals surface area contributed by atoms with Gasteiger partial charge in [-0.05, 0) is 50.4 Å². The molecule has 0 aromatic heterocycles. The number of hydrogen-bond acceptors (Lipinski definition) is 2. The van der Waals surface area contributed by atoms with Crippen molar-refractivity contribution < 1.29 is 4.79 Å². The van der Waals surface area contributed by atoms with Crippen LogP contribution in [0.15, 0.2) is 0 Å². The molecule has 4 rings (SSSR count). The maximum absolute atomic E-state index is 12.0. The van der Waals surface area contributed by atoms with Crippen molar-refractivity contribution in [3.05, 3.63) is 0 Å². The van der Waals surface area contributed by atoms with Gasteiger partial charge in [0.05, 0.1) is 5.41 Å². The lowest BCUT2D eigenvalue weighted by Crippen LogP contribution is -2.63. The molecule has 0 radical (unpaired) electrons. The van der Waals surface area contributed by atoms with Gasteiger partial charge in [0.1, 0.15) is 0 Å². The third-order valence-electron chi connectivity index (χ3n) is 4.82. The van der Waals surface area contributed by atoms with E-state index in [9.17, 15) is 4.79 Å². The second-order valence-electron chi connectivity index (χ2n) is 6.18. The highest BCUT2D eigenvalue weighted by atomic mass is 16.2. The molecule has 4 aliphatic rings. The van der Waals surface area contributed by atoms with Gasteiger partial charge in [-0.15, -0.1) is 0 Å². The SMILES string of the molecule is CNC(=O)C12CC3CC(CC(N)(C3)C1)C2. The van der Waals surface area contributed by atoms with Gasteiger partial charge in [0.15, 0.2) is 0 Å². The highest BCUT2D eigenvalue weighted by molar-refractivity contribution is 5.83. The predicted octanol–water partition coefficient (Wildman–Crippen LogP) is 1.03. The van der Waals surface area contributed by atoms with E-state index in [2.05, 4.69) is 5.32 Å². The summed E-state index contributed by atoms with van der Waals surface area (Å²) in [6, 6.07) is 0. The Morgan fingerprint density at radius 1 is 1.27 bits per heavy atom. The van der Waals surface area contributed by atoms with Crippen LogP contribution in [0.1, 0.15) is 38.5 Å². The van der Waals surface area contributed by atoms with Gasteiger partial charge in [-0.25, -0.2) is 0 Å². The van der Waals surface area contributed by atoms with Crippen molar-refractivity contribution in [1.82, 2.24) is 5.32 Å². The van der Waals surface area contributed by atoms with E-state index in [0.717, 1.165) is 32.1 Å². The Morgan fingerprint density at radius 3 is 2.33 bits per heavy atom. The van der Waals surface area contributed by atoms with E-state index in [-0.39, 0.29) is 16.9 Å². The third kappa shape index (κ3) is 1.25. The van der Waals surface area contributed by atoms with E-state index >= 15 is 0 Å². The summed E-state index contributed by atoms with van der Waals surface area (Å²) in [6.07, 6.45) is 6.72. The lowest BCUT2D eigenvalue weighted by atomic mass is 9.47. The van der Waals surface area contributed by atoms with Gasteiger partial charge in [-0.3, -0.25) is 4.79 Å². The van der Waals surface area contributed by atoms with Crippen LogP contribution in [0.25, 0.3) is 0 Å². The monoisotopic (exact) mass is 208 g/mol. The zero-order valence-electron chi connectivity index (χ0n) is 9.38. The maximum Gasteiger partial charge on any atom is 0.226 e. The van der Waals surface area contributed by atoms with Gasteiger partial charge < -0.3 is 11.1 Å². The number of amides is 1. The van der Waals surface area contributed by atoms with Crippen molar-refractivity contribution in [3.8, 4) is 0 Å². The summed E-state index contributed by atoms with van der Waals surface area (Å²) in [5.41, 5.74) is 6.30. The summed E-state index contributed by atoms with van der Waals surface area (Å²) in [5.74, 6) is 1.67. The zero-order valence-corrected chi connectivity index (χ0v) is 9.38. The molecule has 4 aliphatic carbocycles. The lowest BCUT2D eigenvalue weighted by molar-refractivity contribution is -0.147. The molecule has 0 aliphatic heterocycles. The van der Waals surface area contributed by atoms with Gasteiger partial charge >= 0.3 is 0 Å². The molecule has 2 atom stereocenters. The van der Waals surface area contributed by atoms with Crippen molar-refractivity contribution in [1.29, 1.82) is 0 Å². The maximum atomic E-state index is 12.0. The fourth-order valence-electron chi connectivity index (χ4n) is 4.86. The molecule has 1 amide bonds.